The van der Waals surface area contributed by atoms with Gasteiger partial charge in [-0.2, -0.15) is 8.78 Å². The topological polar surface area (TPSA) is 29.5 Å². The molecule has 1 rings (SSSR count). The third kappa shape index (κ3) is 2.71. The second-order valence-corrected chi connectivity index (χ2v) is 3.17. The van der Waals surface area contributed by atoms with E-state index in [4.69, 9.17) is 0 Å². The number of halogens is 2. The molecule has 0 aromatic heterocycles. The number of hydrogen-bond acceptors (Lipinski definition) is 2. The lowest BCUT2D eigenvalue weighted by Crippen LogP contribution is -2.43. The summed E-state index contributed by atoms with van der Waals surface area (Å²) in [5.41, 5.74) is -0.973. The Morgan fingerprint density at radius 1 is 1.55 bits per heavy atom. The maximum absolute atomic E-state index is 12.1. The van der Waals surface area contributed by atoms with E-state index >= 15 is 0 Å². The fourth-order valence-electron chi connectivity index (χ4n) is 0.990. The van der Waals surface area contributed by atoms with E-state index in [0.717, 1.165) is 6.42 Å². The van der Waals surface area contributed by atoms with Gasteiger partial charge in [-0.3, -0.25) is 0 Å². The first-order valence-electron chi connectivity index (χ1n) is 3.66. The minimum absolute atomic E-state index is 0.253. The molecule has 0 aliphatic heterocycles. The summed E-state index contributed by atoms with van der Waals surface area (Å²) in [5.74, 6) is 0. The maximum atomic E-state index is 12.1. The fraction of sp³-hybridized carbons (Fsp3) is 1.00. The highest BCUT2D eigenvalue weighted by Gasteiger charge is 2.37. The van der Waals surface area contributed by atoms with Crippen molar-refractivity contribution in [2.24, 2.45) is 0 Å². The monoisotopic (exact) mass is 166 g/mol. The van der Waals surface area contributed by atoms with Crippen molar-refractivity contribution < 1.29 is 18.6 Å². The molecule has 1 aliphatic carbocycles. The van der Waals surface area contributed by atoms with E-state index in [1.807, 2.05) is 0 Å². The summed E-state index contributed by atoms with van der Waals surface area (Å²) in [6, 6.07) is 0. The molecule has 0 bridgehead atoms. The zero-order valence-corrected chi connectivity index (χ0v) is 6.44. The van der Waals surface area contributed by atoms with Gasteiger partial charge in [-0.15, -0.1) is 0 Å². The van der Waals surface area contributed by atoms with Crippen molar-refractivity contribution in [3.05, 3.63) is 0 Å². The van der Waals surface area contributed by atoms with Gasteiger partial charge in [-0.25, -0.2) is 0 Å². The molecule has 1 saturated carbocycles. The second kappa shape index (κ2) is 2.68. The number of rotatable bonds is 3. The SMILES string of the molecule is CC(F)(F)OCC1(O)CCC1. The lowest BCUT2D eigenvalue weighted by atomic mass is 9.81. The number of alkyl halides is 2. The van der Waals surface area contributed by atoms with Gasteiger partial charge in [0.1, 0.15) is 0 Å². The molecule has 0 aromatic rings. The van der Waals surface area contributed by atoms with E-state index in [2.05, 4.69) is 4.74 Å². The van der Waals surface area contributed by atoms with Crippen LogP contribution < -0.4 is 0 Å². The summed E-state index contributed by atoms with van der Waals surface area (Å²) in [5, 5.41) is 9.32. The van der Waals surface area contributed by atoms with Crippen LogP contribution in [0.2, 0.25) is 0 Å². The average molecular weight is 166 g/mol. The molecule has 0 amide bonds. The van der Waals surface area contributed by atoms with E-state index in [1.165, 1.54) is 0 Å². The van der Waals surface area contributed by atoms with E-state index in [9.17, 15) is 13.9 Å². The molecule has 0 atom stereocenters. The van der Waals surface area contributed by atoms with Crippen LogP contribution in [-0.2, 0) is 4.74 Å². The van der Waals surface area contributed by atoms with Gasteiger partial charge < -0.3 is 9.84 Å². The Labute approximate surface area is 64.2 Å². The molecule has 0 aromatic carbocycles. The predicted molar refractivity (Wildman–Crippen MR) is 35.4 cm³/mol. The quantitative estimate of drug-likeness (QED) is 0.689. The van der Waals surface area contributed by atoms with E-state index in [-0.39, 0.29) is 6.61 Å². The molecule has 66 valence electrons. The van der Waals surface area contributed by atoms with Gasteiger partial charge in [0.2, 0.25) is 0 Å². The summed E-state index contributed by atoms with van der Waals surface area (Å²) < 4.78 is 28.3. The zero-order chi connectivity index (χ0) is 8.54. The van der Waals surface area contributed by atoms with Crippen molar-refractivity contribution in [2.45, 2.75) is 37.9 Å². The summed E-state index contributed by atoms with van der Waals surface area (Å²) in [6.07, 6.45) is -1.08. The summed E-state index contributed by atoms with van der Waals surface area (Å²) in [4.78, 5) is 0. The van der Waals surface area contributed by atoms with Crippen LogP contribution in [0, 0.1) is 0 Å². The molecule has 0 heterocycles. The molecular formula is C7H12F2O2. The third-order valence-electron chi connectivity index (χ3n) is 1.88. The predicted octanol–water partition coefficient (Wildman–Crippen LogP) is 1.53. The Balaban J connectivity index is 2.21. The third-order valence-corrected chi connectivity index (χ3v) is 1.88. The van der Waals surface area contributed by atoms with Gasteiger partial charge in [-0.1, -0.05) is 0 Å². The van der Waals surface area contributed by atoms with Crippen molar-refractivity contribution in [1.82, 2.24) is 0 Å². The van der Waals surface area contributed by atoms with Crippen LogP contribution in [0.4, 0.5) is 8.78 Å². The molecule has 1 N–H and O–H groups in total. The van der Waals surface area contributed by atoms with Crippen molar-refractivity contribution in [1.29, 1.82) is 0 Å². The lowest BCUT2D eigenvalue weighted by Gasteiger charge is -2.36. The largest absolute Gasteiger partial charge is 0.387 e. The number of ether oxygens (including phenoxy) is 1. The first-order valence-corrected chi connectivity index (χ1v) is 3.66. The number of aliphatic hydroxyl groups is 1. The van der Waals surface area contributed by atoms with E-state index < -0.39 is 11.7 Å². The molecular weight excluding hydrogens is 154 g/mol. The van der Waals surface area contributed by atoms with Crippen LogP contribution in [0.3, 0.4) is 0 Å². The Morgan fingerprint density at radius 2 is 2.09 bits per heavy atom. The van der Waals surface area contributed by atoms with E-state index in [0.29, 0.717) is 19.8 Å². The first kappa shape index (κ1) is 8.87. The van der Waals surface area contributed by atoms with Crippen LogP contribution in [0.15, 0.2) is 0 Å². The molecule has 1 fully saturated rings. The number of hydrogen-bond donors (Lipinski definition) is 1. The molecule has 2 nitrogen and oxygen atoms in total. The molecule has 0 spiro atoms. The summed E-state index contributed by atoms with van der Waals surface area (Å²) >= 11 is 0. The molecule has 0 saturated heterocycles. The van der Waals surface area contributed by atoms with E-state index in [1.54, 1.807) is 0 Å². The Bertz CT molecular complexity index is 138. The van der Waals surface area contributed by atoms with Crippen molar-refractivity contribution in [3.63, 3.8) is 0 Å². The Hall–Kier alpha value is -0.220. The van der Waals surface area contributed by atoms with Crippen LogP contribution in [0.1, 0.15) is 26.2 Å². The minimum atomic E-state index is -3.12. The zero-order valence-electron chi connectivity index (χ0n) is 6.44. The first-order chi connectivity index (χ1) is 4.91. The second-order valence-electron chi connectivity index (χ2n) is 3.17. The van der Waals surface area contributed by atoms with Crippen LogP contribution in [0.25, 0.3) is 0 Å². The van der Waals surface area contributed by atoms with Gasteiger partial charge in [-0.05, 0) is 19.3 Å². The van der Waals surface area contributed by atoms with Crippen LogP contribution in [0.5, 0.6) is 0 Å². The van der Waals surface area contributed by atoms with Gasteiger partial charge in [0.15, 0.2) is 0 Å². The minimum Gasteiger partial charge on any atom is -0.387 e. The van der Waals surface area contributed by atoms with Crippen molar-refractivity contribution in [2.75, 3.05) is 6.61 Å². The van der Waals surface area contributed by atoms with Crippen molar-refractivity contribution in [3.8, 4) is 0 Å². The molecule has 0 unspecified atom stereocenters. The molecule has 1 aliphatic rings. The highest BCUT2D eigenvalue weighted by molar-refractivity contribution is 4.87. The van der Waals surface area contributed by atoms with Gasteiger partial charge in [0, 0.05) is 6.92 Å². The Morgan fingerprint density at radius 3 is 2.36 bits per heavy atom. The smallest absolute Gasteiger partial charge is 0.353 e. The summed E-state index contributed by atoms with van der Waals surface area (Å²) in [7, 11) is 0. The highest BCUT2D eigenvalue weighted by atomic mass is 19.3. The standard InChI is InChI=1S/C7H12F2O2/c1-6(8,9)11-5-7(10)3-2-4-7/h10H,2-5H2,1H3. The van der Waals surface area contributed by atoms with Crippen LogP contribution in [-0.4, -0.2) is 23.4 Å². The van der Waals surface area contributed by atoms with Gasteiger partial charge >= 0.3 is 6.11 Å². The molecule has 0 radical (unpaired) electrons. The average Bonchev–Trinajstić information content (AvgIpc) is 1.77. The summed E-state index contributed by atoms with van der Waals surface area (Å²) in [6.45, 7) is 0.422. The molecule has 11 heavy (non-hydrogen) atoms. The maximum Gasteiger partial charge on any atom is 0.353 e. The van der Waals surface area contributed by atoms with Gasteiger partial charge in [0.05, 0.1) is 12.2 Å². The lowest BCUT2D eigenvalue weighted by molar-refractivity contribution is -0.256. The normalized spacial score (nSPS) is 22.9. The molecule has 4 heteroatoms. The Kier molecular flexibility index (Phi) is 2.16. The highest BCUT2D eigenvalue weighted by Crippen LogP contribution is 2.33. The van der Waals surface area contributed by atoms with Crippen molar-refractivity contribution >= 4 is 0 Å². The fourth-order valence-corrected chi connectivity index (χ4v) is 0.990. The van der Waals surface area contributed by atoms with Gasteiger partial charge in [0.25, 0.3) is 0 Å². The van der Waals surface area contributed by atoms with Crippen LogP contribution >= 0.6 is 0 Å².